The largest absolute Gasteiger partial charge is 0.481 e. The quantitative estimate of drug-likeness (QED) is 0.199. The summed E-state index contributed by atoms with van der Waals surface area (Å²) in [5, 5.41) is 2.68. The molecule has 3 N–H and O–H groups in total. The van der Waals surface area contributed by atoms with E-state index in [4.69, 9.17) is 15.2 Å². The summed E-state index contributed by atoms with van der Waals surface area (Å²) in [6, 6.07) is 7.34. The Morgan fingerprint density at radius 2 is 1.70 bits per heavy atom. The van der Waals surface area contributed by atoms with Crippen LogP contribution in [0.3, 0.4) is 0 Å². The number of aromatic nitrogens is 1. The Kier molecular flexibility index (Phi) is 10.0. The smallest absolute Gasteiger partial charge is 0.419 e. The molecular weight excluding hydrogens is 579 g/mol. The van der Waals surface area contributed by atoms with Crippen molar-refractivity contribution in [1.82, 2.24) is 4.98 Å². The molecule has 14 heteroatoms. The van der Waals surface area contributed by atoms with Gasteiger partial charge in [0.1, 0.15) is 17.2 Å². The van der Waals surface area contributed by atoms with Crippen LogP contribution in [0.4, 0.5) is 49.6 Å². The number of carbonyl (C=O) groups is 2. The Bertz CT molecular complexity index is 1490. The van der Waals surface area contributed by atoms with Gasteiger partial charge in [0, 0.05) is 18.3 Å². The van der Waals surface area contributed by atoms with Gasteiger partial charge in [0.25, 0.3) is 0 Å². The number of methoxy groups -OCH3 is 2. The Morgan fingerprint density at radius 3 is 2.30 bits per heavy atom. The molecule has 0 saturated carbocycles. The minimum Gasteiger partial charge on any atom is -0.481 e. The fraction of sp³-hybridized carbons (Fsp3) is 0.345. The van der Waals surface area contributed by atoms with Crippen LogP contribution in [0, 0.1) is 11.6 Å². The summed E-state index contributed by atoms with van der Waals surface area (Å²) >= 11 is 0. The summed E-state index contributed by atoms with van der Waals surface area (Å²) in [4.78, 5) is 30.8. The average molecular weight is 611 g/mol. The number of esters is 1. The van der Waals surface area contributed by atoms with Gasteiger partial charge in [-0.2, -0.15) is 18.2 Å². The second kappa shape index (κ2) is 13.1. The summed E-state index contributed by atoms with van der Waals surface area (Å²) in [6.07, 6.45) is -5.55. The number of pyridine rings is 1. The monoisotopic (exact) mass is 610 g/mol. The number of carbonyl (C=O) groups excluding carboxylic acids is 2. The van der Waals surface area contributed by atoms with Crippen molar-refractivity contribution in [3.8, 4) is 5.88 Å². The van der Waals surface area contributed by atoms with E-state index in [1.165, 1.54) is 30.2 Å². The van der Waals surface area contributed by atoms with Gasteiger partial charge >= 0.3 is 18.2 Å². The number of nitrogens with zero attached hydrogens (tertiary/aromatic N) is 2. The molecule has 1 amide bonds. The van der Waals surface area contributed by atoms with Gasteiger partial charge in [-0.1, -0.05) is 0 Å². The van der Waals surface area contributed by atoms with Gasteiger partial charge in [0.15, 0.2) is 5.82 Å². The number of amides is 1. The Hall–Kier alpha value is -4.62. The lowest BCUT2D eigenvalue weighted by Gasteiger charge is -2.27. The molecule has 3 rings (SSSR count). The number of hydrogen-bond donors (Lipinski definition) is 2. The Labute approximate surface area is 244 Å². The lowest BCUT2D eigenvalue weighted by atomic mass is 10.0. The molecule has 0 unspecified atom stereocenters. The van der Waals surface area contributed by atoms with Crippen molar-refractivity contribution in [2.75, 3.05) is 36.7 Å². The molecule has 0 aliphatic heterocycles. The minimum atomic E-state index is -5.05. The van der Waals surface area contributed by atoms with Crippen LogP contribution in [0.15, 0.2) is 42.5 Å². The topological polar surface area (TPSA) is 116 Å². The van der Waals surface area contributed by atoms with Gasteiger partial charge in [-0.05, 0) is 75.6 Å². The summed E-state index contributed by atoms with van der Waals surface area (Å²) in [5.41, 5.74) is 3.29. The van der Waals surface area contributed by atoms with E-state index in [9.17, 15) is 31.5 Å². The maximum absolute atomic E-state index is 14.3. The Morgan fingerprint density at radius 1 is 1.00 bits per heavy atom. The molecule has 0 saturated heterocycles. The third kappa shape index (κ3) is 8.46. The molecule has 0 fully saturated rings. The molecule has 1 aromatic heterocycles. The van der Waals surface area contributed by atoms with E-state index in [-0.39, 0.29) is 48.0 Å². The zero-order chi connectivity index (χ0) is 32.1. The maximum atomic E-state index is 14.3. The predicted octanol–water partition coefficient (Wildman–Crippen LogP) is 6.87. The van der Waals surface area contributed by atoms with E-state index in [2.05, 4.69) is 15.0 Å². The molecular formula is C29H31F5N4O5. The normalized spacial score (nSPS) is 11.6. The molecule has 232 valence electrons. The number of ether oxygens (including phenoxy) is 3. The first-order valence-electron chi connectivity index (χ1n) is 12.9. The fourth-order valence-corrected chi connectivity index (χ4v) is 4.01. The summed E-state index contributed by atoms with van der Waals surface area (Å²) < 4.78 is 84.1. The van der Waals surface area contributed by atoms with E-state index >= 15 is 0 Å². The molecule has 0 aliphatic rings. The molecule has 2 aromatic carbocycles. The van der Waals surface area contributed by atoms with Gasteiger partial charge < -0.3 is 25.3 Å². The van der Waals surface area contributed by atoms with Gasteiger partial charge in [0.2, 0.25) is 5.88 Å². The number of nitrogen functional groups attached to an aromatic ring is 1. The Balaban J connectivity index is 1.95. The second-order valence-electron chi connectivity index (χ2n) is 10.3. The first-order valence-corrected chi connectivity index (χ1v) is 12.9. The lowest BCUT2D eigenvalue weighted by molar-refractivity contribution is -0.139. The molecule has 43 heavy (non-hydrogen) atoms. The minimum absolute atomic E-state index is 0.0165. The number of nitrogens with two attached hydrogens (primary N) is 1. The number of rotatable bonds is 9. The van der Waals surface area contributed by atoms with Crippen LogP contribution in [-0.4, -0.2) is 43.4 Å². The molecule has 0 aliphatic carbocycles. The number of hydrogen-bond acceptors (Lipinski definition) is 8. The molecule has 0 atom stereocenters. The molecule has 9 nitrogen and oxygen atoms in total. The van der Waals surface area contributed by atoms with Crippen molar-refractivity contribution in [1.29, 1.82) is 0 Å². The van der Waals surface area contributed by atoms with Crippen LogP contribution in [0.2, 0.25) is 0 Å². The van der Waals surface area contributed by atoms with Crippen molar-refractivity contribution in [2.24, 2.45) is 0 Å². The molecule has 3 aromatic rings. The van der Waals surface area contributed by atoms with Gasteiger partial charge in [-0.3, -0.25) is 4.90 Å². The fourth-order valence-electron chi connectivity index (χ4n) is 4.01. The zero-order valence-electron chi connectivity index (χ0n) is 24.1. The number of benzene rings is 2. The average Bonchev–Trinajstić information content (AvgIpc) is 2.91. The molecule has 1 heterocycles. The van der Waals surface area contributed by atoms with Gasteiger partial charge in [0.05, 0.1) is 36.7 Å². The number of nitrogens with one attached hydrogen (secondary N) is 1. The van der Waals surface area contributed by atoms with E-state index in [0.29, 0.717) is 12.1 Å². The highest BCUT2D eigenvalue weighted by Gasteiger charge is 2.36. The first-order chi connectivity index (χ1) is 20.0. The van der Waals surface area contributed by atoms with E-state index < -0.39 is 52.3 Å². The van der Waals surface area contributed by atoms with Crippen molar-refractivity contribution in [2.45, 2.75) is 45.4 Å². The number of alkyl halides is 3. The zero-order valence-corrected chi connectivity index (χ0v) is 24.1. The van der Waals surface area contributed by atoms with Crippen LogP contribution >= 0.6 is 0 Å². The lowest BCUT2D eigenvalue weighted by Crippen LogP contribution is -2.38. The van der Waals surface area contributed by atoms with Crippen LogP contribution in [0.1, 0.15) is 48.7 Å². The molecule has 0 bridgehead atoms. The highest BCUT2D eigenvalue weighted by molar-refractivity contribution is 5.97. The predicted molar refractivity (Wildman–Crippen MR) is 150 cm³/mol. The second-order valence-corrected chi connectivity index (χ2v) is 10.3. The molecule has 0 spiro atoms. The van der Waals surface area contributed by atoms with E-state index in [1.807, 2.05) is 0 Å². The van der Waals surface area contributed by atoms with Crippen LogP contribution in [-0.2, 0) is 22.1 Å². The van der Waals surface area contributed by atoms with Gasteiger partial charge in [-0.15, -0.1) is 0 Å². The van der Waals surface area contributed by atoms with Gasteiger partial charge in [-0.25, -0.2) is 18.4 Å². The van der Waals surface area contributed by atoms with Crippen LogP contribution in [0.25, 0.3) is 0 Å². The highest BCUT2D eigenvalue weighted by atomic mass is 19.4. The summed E-state index contributed by atoms with van der Waals surface area (Å²) in [5.74, 6) is -3.14. The van der Waals surface area contributed by atoms with E-state index in [0.717, 1.165) is 19.2 Å². The van der Waals surface area contributed by atoms with E-state index in [1.54, 1.807) is 20.8 Å². The number of aryl methyl sites for hydroxylation is 1. The molecule has 0 radical (unpaired) electrons. The SMILES string of the molecule is COC(=O)c1cc(F)c(C(F)(F)F)cc1Nc1ccc(F)cc1CCCN(C(=O)OC(C)(C)C)c1nc(OC)ccc1N. The third-order valence-corrected chi connectivity index (χ3v) is 5.94. The van der Waals surface area contributed by atoms with Crippen molar-refractivity contribution < 1.29 is 45.8 Å². The summed E-state index contributed by atoms with van der Waals surface area (Å²) in [6.45, 7) is 5.02. The number of halogens is 5. The van der Waals surface area contributed by atoms with Crippen LogP contribution < -0.4 is 20.7 Å². The third-order valence-electron chi connectivity index (χ3n) is 5.94. The van der Waals surface area contributed by atoms with Crippen molar-refractivity contribution in [3.63, 3.8) is 0 Å². The van der Waals surface area contributed by atoms with Crippen molar-refractivity contribution in [3.05, 3.63) is 70.8 Å². The summed E-state index contributed by atoms with van der Waals surface area (Å²) in [7, 11) is 2.38. The first kappa shape index (κ1) is 32.9. The van der Waals surface area contributed by atoms with Crippen LogP contribution in [0.5, 0.6) is 5.88 Å². The highest BCUT2D eigenvalue weighted by Crippen LogP contribution is 2.36. The maximum Gasteiger partial charge on any atom is 0.419 e. The van der Waals surface area contributed by atoms with Crippen molar-refractivity contribution >= 4 is 34.9 Å². The standard InChI is InChI=1S/C29H31F5N4O5/c1-28(2,3)43-27(40)38(25-21(35)9-11-24(37-25)41-4)12-6-7-16-13-17(30)8-10-22(16)36-23-15-19(29(32,33)34)20(31)14-18(23)26(39)42-5/h8-11,13-15,36H,6-7,12,35H2,1-5H3. The number of anilines is 4.